The Labute approximate surface area is 74.0 Å². The van der Waals surface area contributed by atoms with Gasteiger partial charge in [0.2, 0.25) is 0 Å². The highest BCUT2D eigenvalue weighted by atomic mass is 127. The maximum Gasteiger partial charge on any atom is 0.0388 e. The first kappa shape index (κ1) is 7.85. The lowest BCUT2D eigenvalue weighted by atomic mass is 10.3. The first-order valence-electron chi connectivity index (χ1n) is 3.27. The lowest BCUT2D eigenvalue weighted by Crippen LogP contribution is -2.21. The first-order valence-corrected chi connectivity index (χ1v) is 4.35. The third kappa shape index (κ3) is 1.42. The van der Waals surface area contributed by atoms with Crippen LogP contribution in [-0.4, -0.2) is 4.98 Å². The molecule has 10 heavy (non-hydrogen) atoms. The Morgan fingerprint density at radius 2 is 2.50 bits per heavy atom. The highest BCUT2D eigenvalue weighted by Gasteiger charge is 1.89. The Hall–Kier alpha value is -0.250. The number of hydrogen-bond donors (Lipinski definition) is 1. The molecular formula is C8H10IN. The molecular weight excluding hydrogens is 237 g/mol. The summed E-state index contributed by atoms with van der Waals surface area (Å²) in [5, 5.41) is 2.27. The van der Waals surface area contributed by atoms with Gasteiger partial charge in [0.25, 0.3) is 0 Å². The van der Waals surface area contributed by atoms with Crippen molar-refractivity contribution in [1.29, 1.82) is 0 Å². The van der Waals surface area contributed by atoms with Crippen LogP contribution in [0.4, 0.5) is 0 Å². The first-order chi connectivity index (χ1) is 4.75. The standard InChI is InChI=1S/C8H10IN/c1-3-4-7-6(2)10-5-8(7)9/h4-5,10H,2-3H2,1H3/b7-4+. The second-order valence-electron chi connectivity index (χ2n) is 2.14. The number of aromatic nitrogens is 1. The number of H-pyrrole nitrogens is 1. The van der Waals surface area contributed by atoms with E-state index in [0.29, 0.717) is 0 Å². The Bertz CT molecular complexity index is 310. The third-order valence-electron chi connectivity index (χ3n) is 1.36. The Balaban J connectivity index is 3.37. The summed E-state index contributed by atoms with van der Waals surface area (Å²) in [7, 11) is 0. The monoisotopic (exact) mass is 247 g/mol. The fourth-order valence-electron chi connectivity index (χ4n) is 0.875. The maximum atomic E-state index is 3.87. The predicted molar refractivity (Wildman–Crippen MR) is 53.0 cm³/mol. The highest BCUT2D eigenvalue weighted by Crippen LogP contribution is 1.91. The molecule has 1 nitrogen and oxygen atoms in total. The zero-order valence-electron chi connectivity index (χ0n) is 5.95. The highest BCUT2D eigenvalue weighted by molar-refractivity contribution is 14.1. The summed E-state index contributed by atoms with van der Waals surface area (Å²) in [5.41, 5.74) is 0. The zero-order chi connectivity index (χ0) is 7.56. The van der Waals surface area contributed by atoms with E-state index in [1.165, 1.54) is 8.79 Å². The van der Waals surface area contributed by atoms with Crippen LogP contribution in [0, 0.1) is 3.57 Å². The number of hydrogen-bond acceptors (Lipinski definition) is 0. The summed E-state index contributed by atoms with van der Waals surface area (Å²) in [6.45, 7) is 6.00. The van der Waals surface area contributed by atoms with Crippen molar-refractivity contribution in [3.8, 4) is 0 Å². The molecule has 0 radical (unpaired) electrons. The van der Waals surface area contributed by atoms with Gasteiger partial charge < -0.3 is 4.98 Å². The molecule has 1 rings (SSSR count). The second-order valence-corrected chi connectivity index (χ2v) is 3.30. The smallest absolute Gasteiger partial charge is 0.0388 e. The third-order valence-corrected chi connectivity index (χ3v) is 2.26. The van der Waals surface area contributed by atoms with Crippen LogP contribution in [-0.2, 0) is 0 Å². The quantitative estimate of drug-likeness (QED) is 0.718. The summed E-state index contributed by atoms with van der Waals surface area (Å²) in [6.07, 6.45) is 5.22. The molecule has 0 amide bonds. The zero-order valence-corrected chi connectivity index (χ0v) is 8.10. The minimum absolute atomic E-state index is 1.02. The molecule has 1 N–H and O–H groups in total. The van der Waals surface area contributed by atoms with Crippen LogP contribution >= 0.6 is 22.6 Å². The van der Waals surface area contributed by atoms with Crippen LogP contribution < -0.4 is 10.6 Å². The van der Waals surface area contributed by atoms with Crippen molar-refractivity contribution in [2.45, 2.75) is 13.3 Å². The lowest BCUT2D eigenvalue weighted by Gasteiger charge is -1.78. The molecule has 54 valence electrons. The van der Waals surface area contributed by atoms with Crippen molar-refractivity contribution >= 4 is 35.2 Å². The van der Waals surface area contributed by atoms with Gasteiger partial charge in [-0.3, -0.25) is 0 Å². The normalized spacial score (nSPS) is 12.4. The molecule has 0 saturated heterocycles. The summed E-state index contributed by atoms with van der Waals surface area (Å²) in [5.74, 6) is 0. The second kappa shape index (κ2) is 3.23. The van der Waals surface area contributed by atoms with E-state index >= 15 is 0 Å². The average molecular weight is 247 g/mol. The van der Waals surface area contributed by atoms with Crippen molar-refractivity contribution in [1.82, 2.24) is 4.98 Å². The van der Waals surface area contributed by atoms with Crippen molar-refractivity contribution in [3.05, 3.63) is 20.3 Å². The van der Waals surface area contributed by atoms with E-state index in [9.17, 15) is 0 Å². The molecule has 1 heterocycles. The minimum Gasteiger partial charge on any atom is -0.361 e. The van der Waals surface area contributed by atoms with Gasteiger partial charge in [-0.15, -0.1) is 0 Å². The van der Waals surface area contributed by atoms with Gasteiger partial charge in [-0.2, -0.15) is 0 Å². The van der Waals surface area contributed by atoms with Gasteiger partial charge >= 0.3 is 0 Å². The van der Waals surface area contributed by atoms with Gasteiger partial charge in [0, 0.05) is 20.3 Å². The molecule has 0 spiro atoms. The number of aromatic amines is 1. The number of halogens is 1. The van der Waals surface area contributed by atoms with E-state index in [0.717, 1.165) is 11.8 Å². The predicted octanol–water partition coefficient (Wildman–Crippen LogP) is 1.22. The van der Waals surface area contributed by atoms with Crippen LogP contribution in [0.15, 0.2) is 6.20 Å². The SMILES string of the molecule is C=c1[nH]cc(I)/c1=C/CC. The number of rotatable bonds is 1. The summed E-state index contributed by atoms with van der Waals surface area (Å²) >= 11 is 2.30. The van der Waals surface area contributed by atoms with Crippen LogP contribution in [0.3, 0.4) is 0 Å². The largest absolute Gasteiger partial charge is 0.361 e. The lowest BCUT2D eigenvalue weighted by molar-refractivity contribution is 1.27. The molecule has 1 aromatic heterocycles. The van der Waals surface area contributed by atoms with Gasteiger partial charge in [0.1, 0.15) is 0 Å². The van der Waals surface area contributed by atoms with Gasteiger partial charge in [-0.1, -0.05) is 19.6 Å². The van der Waals surface area contributed by atoms with Crippen LogP contribution in [0.5, 0.6) is 0 Å². The van der Waals surface area contributed by atoms with Gasteiger partial charge in [0.05, 0.1) is 0 Å². The Morgan fingerprint density at radius 1 is 1.80 bits per heavy atom. The molecule has 0 fully saturated rings. The van der Waals surface area contributed by atoms with Crippen LogP contribution in [0.2, 0.25) is 0 Å². The molecule has 0 aliphatic carbocycles. The Morgan fingerprint density at radius 3 is 2.90 bits per heavy atom. The van der Waals surface area contributed by atoms with E-state index in [2.05, 4.69) is 47.2 Å². The molecule has 0 aliphatic heterocycles. The topological polar surface area (TPSA) is 15.8 Å². The van der Waals surface area contributed by atoms with Crippen molar-refractivity contribution in [3.63, 3.8) is 0 Å². The molecule has 0 aliphatic rings. The van der Waals surface area contributed by atoms with Gasteiger partial charge in [-0.05, 0) is 29.0 Å². The fraction of sp³-hybridized carbons (Fsp3) is 0.250. The summed E-state index contributed by atoms with van der Waals surface area (Å²) < 4.78 is 1.25. The minimum atomic E-state index is 1.02. The Kier molecular flexibility index (Phi) is 2.54. The number of nitrogens with one attached hydrogen (secondary N) is 1. The van der Waals surface area contributed by atoms with E-state index in [-0.39, 0.29) is 0 Å². The van der Waals surface area contributed by atoms with Gasteiger partial charge in [-0.25, -0.2) is 0 Å². The van der Waals surface area contributed by atoms with Crippen molar-refractivity contribution in [2.24, 2.45) is 0 Å². The summed E-state index contributed by atoms with van der Waals surface area (Å²) in [6, 6.07) is 0. The van der Waals surface area contributed by atoms with Crippen LogP contribution in [0.1, 0.15) is 13.3 Å². The molecule has 0 unspecified atom stereocenters. The fourth-order valence-corrected chi connectivity index (χ4v) is 1.58. The molecule has 1 aromatic rings. The van der Waals surface area contributed by atoms with E-state index in [1.807, 2.05) is 6.20 Å². The van der Waals surface area contributed by atoms with E-state index < -0.39 is 0 Å². The molecule has 0 bridgehead atoms. The summed E-state index contributed by atoms with van der Waals surface area (Å²) in [4.78, 5) is 3.07. The average Bonchev–Trinajstić information content (AvgIpc) is 2.20. The molecule has 0 saturated carbocycles. The van der Waals surface area contributed by atoms with E-state index in [4.69, 9.17) is 0 Å². The molecule has 0 aromatic carbocycles. The molecule has 2 heteroatoms. The van der Waals surface area contributed by atoms with Gasteiger partial charge in [0.15, 0.2) is 0 Å². The molecule has 0 atom stereocenters. The van der Waals surface area contributed by atoms with Crippen molar-refractivity contribution in [2.75, 3.05) is 0 Å². The maximum absolute atomic E-state index is 3.87. The van der Waals surface area contributed by atoms with Crippen molar-refractivity contribution < 1.29 is 0 Å². The van der Waals surface area contributed by atoms with Crippen LogP contribution in [0.25, 0.3) is 12.7 Å². The van der Waals surface area contributed by atoms with E-state index in [1.54, 1.807) is 0 Å².